The molecule has 1 aliphatic heterocycles. The molecule has 2 heterocycles. The van der Waals surface area contributed by atoms with Gasteiger partial charge in [-0.1, -0.05) is 11.6 Å². The molecule has 0 aromatic carbocycles. The van der Waals surface area contributed by atoms with Crippen LogP contribution in [0.2, 0.25) is 5.15 Å². The lowest BCUT2D eigenvalue weighted by atomic mass is 10.5. The molecule has 74 valence electrons. The Morgan fingerprint density at radius 2 is 2.36 bits per heavy atom. The second-order valence-electron chi connectivity index (χ2n) is 2.69. The number of anilines is 2. The van der Waals surface area contributed by atoms with E-state index in [1.54, 1.807) is 6.92 Å². The molecule has 0 saturated heterocycles. The highest BCUT2D eigenvalue weighted by atomic mass is 35.5. The first-order valence-electron chi connectivity index (χ1n) is 3.91. The summed E-state index contributed by atoms with van der Waals surface area (Å²) in [5.41, 5.74) is 6.09. The van der Waals surface area contributed by atoms with Crippen molar-refractivity contribution in [3.05, 3.63) is 11.5 Å². The highest BCUT2D eigenvalue weighted by Crippen LogP contribution is 2.29. The fraction of sp³-hybridized carbons (Fsp3) is 0.286. The predicted molar refractivity (Wildman–Crippen MR) is 53.0 cm³/mol. The Balaban J connectivity index is 2.33. The summed E-state index contributed by atoms with van der Waals surface area (Å²) in [6.45, 7) is 2.09. The van der Waals surface area contributed by atoms with E-state index in [1.807, 2.05) is 0 Å². The smallest absolute Gasteiger partial charge is 0.216 e. The highest BCUT2D eigenvalue weighted by molar-refractivity contribution is 6.32. The van der Waals surface area contributed by atoms with Gasteiger partial charge in [0.2, 0.25) is 5.90 Å². The fourth-order valence-electron chi connectivity index (χ4n) is 1.10. The maximum atomic E-state index is 5.85. The van der Waals surface area contributed by atoms with Crippen molar-refractivity contribution < 1.29 is 4.84 Å². The standard InChI is InChI=1S/C7H8ClN5O/c1-4-12-3-13(14-4)5-6(8)10-2-11-7(5)9/h2H,3H2,1H3,(H2,9,10,11). The summed E-state index contributed by atoms with van der Waals surface area (Å²) < 4.78 is 0. The van der Waals surface area contributed by atoms with Crippen molar-refractivity contribution in [2.75, 3.05) is 17.5 Å². The van der Waals surface area contributed by atoms with Crippen molar-refractivity contribution >= 4 is 29.0 Å². The first kappa shape index (κ1) is 9.01. The molecule has 0 atom stereocenters. The van der Waals surface area contributed by atoms with Gasteiger partial charge in [-0.3, -0.25) is 0 Å². The van der Waals surface area contributed by atoms with Gasteiger partial charge in [-0.25, -0.2) is 15.0 Å². The summed E-state index contributed by atoms with van der Waals surface area (Å²) in [6.07, 6.45) is 1.30. The molecular weight excluding hydrogens is 206 g/mol. The lowest BCUT2D eigenvalue weighted by Gasteiger charge is -2.17. The largest absolute Gasteiger partial charge is 0.382 e. The molecule has 0 aliphatic carbocycles. The van der Waals surface area contributed by atoms with Gasteiger partial charge < -0.3 is 10.6 Å². The van der Waals surface area contributed by atoms with E-state index in [0.29, 0.717) is 18.3 Å². The number of aromatic nitrogens is 2. The van der Waals surface area contributed by atoms with Gasteiger partial charge in [0.05, 0.1) is 0 Å². The van der Waals surface area contributed by atoms with Crippen LogP contribution in [-0.4, -0.2) is 22.5 Å². The second kappa shape index (κ2) is 3.30. The first-order valence-corrected chi connectivity index (χ1v) is 4.29. The van der Waals surface area contributed by atoms with E-state index in [-0.39, 0.29) is 11.0 Å². The van der Waals surface area contributed by atoms with Crippen LogP contribution < -0.4 is 10.8 Å². The first-order chi connectivity index (χ1) is 6.68. The zero-order valence-corrected chi connectivity index (χ0v) is 8.19. The van der Waals surface area contributed by atoms with E-state index in [9.17, 15) is 0 Å². The average Bonchev–Trinajstić information content (AvgIpc) is 2.51. The molecule has 7 heteroatoms. The molecule has 1 aliphatic rings. The zero-order chi connectivity index (χ0) is 10.1. The predicted octanol–water partition coefficient (Wildman–Crippen LogP) is 0.840. The van der Waals surface area contributed by atoms with Crippen LogP contribution in [0.15, 0.2) is 11.3 Å². The average molecular weight is 214 g/mol. The lowest BCUT2D eigenvalue weighted by Crippen LogP contribution is -2.21. The summed E-state index contributed by atoms with van der Waals surface area (Å²) in [6, 6.07) is 0. The van der Waals surface area contributed by atoms with Gasteiger partial charge in [-0.05, 0) is 0 Å². The van der Waals surface area contributed by atoms with Crippen molar-refractivity contribution in [3.8, 4) is 0 Å². The van der Waals surface area contributed by atoms with Crippen LogP contribution in [0.3, 0.4) is 0 Å². The van der Waals surface area contributed by atoms with Crippen molar-refractivity contribution in [1.82, 2.24) is 9.97 Å². The number of rotatable bonds is 1. The number of hydroxylamine groups is 1. The maximum Gasteiger partial charge on any atom is 0.216 e. The van der Waals surface area contributed by atoms with Gasteiger partial charge >= 0.3 is 0 Å². The van der Waals surface area contributed by atoms with Gasteiger partial charge in [0, 0.05) is 6.92 Å². The lowest BCUT2D eigenvalue weighted by molar-refractivity contribution is 0.297. The van der Waals surface area contributed by atoms with Crippen LogP contribution in [0, 0.1) is 0 Å². The fourth-order valence-corrected chi connectivity index (χ4v) is 1.33. The molecule has 0 unspecified atom stereocenters. The minimum Gasteiger partial charge on any atom is -0.382 e. The number of hydrogen-bond acceptors (Lipinski definition) is 6. The van der Waals surface area contributed by atoms with Crippen molar-refractivity contribution in [3.63, 3.8) is 0 Å². The topological polar surface area (TPSA) is 76.6 Å². The van der Waals surface area contributed by atoms with Gasteiger partial charge in [0.1, 0.15) is 13.0 Å². The highest BCUT2D eigenvalue weighted by Gasteiger charge is 2.21. The molecule has 14 heavy (non-hydrogen) atoms. The molecule has 0 spiro atoms. The third-order valence-electron chi connectivity index (χ3n) is 1.72. The third-order valence-corrected chi connectivity index (χ3v) is 2.00. The normalized spacial score (nSPS) is 15.3. The third kappa shape index (κ3) is 1.44. The molecule has 1 aromatic heterocycles. The number of hydrogen-bond donors (Lipinski definition) is 1. The molecule has 0 radical (unpaired) electrons. The minimum atomic E-state index is 0.252. The number of nitrogens with zero attached hydrogens (tertiary/aromatic N) is 4. The van der Waals surface area contributed by atoms with Crippen LogP contribution in [0.5, 0.6) is 0 Å². The van der Waals surface area contributed by atoms with Crippen LogP contribution in [0.1, 0.15) is 6.92 Å². The monoisotopic (exact) mass is 213 g/mol. The molecule has 6 nitrogen and oxygen atoms in total. The van der Waals surface area contributed by atoms with Crippen molar-refractivity contribution in [2.24, 2.45) is 4.99 Å². The van der Waals surface area contributed by atoms with Gasteiger partial charge in [-0.2, -0.15) is 5.06 Å². The van der Waals surface area contributed by atoms with E-state index in [1.165, 1.54) is 11.4 Å². The van der Waals surface area contributed by atoms with E-state index in [2.05, 4.69) is 15.0 Å². The number of nitrogens with two attached hydrogens (primary N) is 1. The Hall–Kier alpha value is -1.56. The molecule has 0 bridgehead atoms. The summed E-state index contributed by atoms with van der Waals surface area (Å²) in [7, 11) is 0. The van der Waals surface area contributed by atoms with Crippen molar-refractivity contribution in [1.29, 1.82) is 0 Å². The molecule has 2 rings (SSSR count). The Bertz CT molecular complexity index is 373. The quantitative estimate of drug-likeness (QED) is 0.700. The van der Waals surface area contributed by atoms with Gasteiger partial charge in [0.25, 0.3) is 0 Å². The summed E-state index contributed by atoms with van der Waals surface area (Å²) >= 11 is 5.85. The maximum absolute atomic E-state index is 5.85. The van der Waals surface area contributed by atoms with E-state index in [0.717, 1.165) is 0 Å². The van der Waals surface area contributed by atoms with Crippen LogP contribution >= 0.6 is 11.6 Å². The number of halogens is 1. The molecule has 2 N–H and O–H groups in total. The SMILES string of the molecule is CC1=NCN(c2c(N)ncnc2Cl)O1. The Morgan fingerprint density at radius 1 is 1.57 bits per heavy atom. The summed E-state index contributed by atoms with van der Waals surface area (Å²) in [5, 5.41) is 1.70. The zero-order valence-electron chi connectivity index (χ0n) is 7.44. The molecule has 0 saturated carbocycles. The molecular formula is C7H8ClN5O. The van der Waals surface area contributed by atoms with Crippen LogP contribution in [0.25, 0.3) is 0 Å². The van der Waals surface area contributed by atoms with Crippen LogP contribution in [0.4, 0.5) is 11.5 Å². The number of nitrogen functional groups attached to an aromatic ring is 1. The van der Waals surface area contributed by atoms with E-state index in [4.69, 9.17) is 22.2 Å². The molecule has 0 amide bonds. The van der Waals surface area contributed by atoms with Crippen molar-refractivity contribution in [2.45, 2.75) is 6.92 Å². The molecule has 0 fully saturated rings. The van der Waals surface area contributed by atoms with Gasteiger partial charge in [0.15, 0.2) is 16.7 Å². The minimum absolute atomic E-state index is 0.252. The van der Waals surface area contributed by atoms with E-state index < -0.39 is 0 Å². The van der Waals surface area contributed by atoms with Crippen LogP contribution in [-0.2, 0) is 4.84 Å². The Labute approximate surface area is 85.3 Å². The van der Waals surface area contributed by atoms with E-state index >= 15 is 0 Å². The summed E-state index contributed by atoms with van der Waals surface area (Å²) in [5.74, 6) is 0.833. The Morgan fingerprint density at radius 3 is 2.93 bits per heavy atom. The Kier molecular flexibility index (Phi) is 2.12. The van der Waals surface area contributed by atoms with Gasteiger partial charge in [-0.15, -0.1) is 0 Å². The summed E-state index contributed by atoms with van der Waals surface area (Å²) in [4.78, 5) is 16.9. The second-order valence-corrected chi connectivity index (χ2v) is 3.04. The number of aliphatic imine (C=N–C) groups is 1. The molecule has 1 aromatic rings.